The summed E-state index contributed by atoms with van der Waals surface area (Å²) < 4.78 is 13.1. The zero-order valence-electron chi connectivity index (χ0n) is 13.5. The predicted molar refractivity (Wildman–Crippen MR) is 91.4 cm³/mol. The number of hydrogen-bond donors (Lipinski definition) is 0. The van der Waals surface area contributed by atoms with E-state index in [0.29, 0.717) is 11.8 Å². The lowest BCUT2D eigenvalue weighted by atomic mass is 10.0. The molecule has 2 heterocycles. The van der Waals surface area contributed by atoms with Gasteiger partial charge in [-0.1, -0.05) is 18.2 Å². The topological polar surface area (TPSA) is 49.2 Å². The van der Waals surface area contributed by atoms with Crippen molar-refractivity contribution in [3.8, 4) is 11.8 Å². The maximum absolute atomic E-state index is 5.43. The van der Waals surface area contributed by atoms with Crippen molar-refractivity contribution in [2.45, 2.75) is 6.92 Å². The fourth-order valence-electron chi connectivity index (χ4n) is 3.49. The van der Waals surface area contributed by atoms with Crippen LogP contribution < -0.4 is 9.47 Å². The van der Waals surface area contributed by atoms with E-state index in [4.69, 9.17) is 9.47 Å². The molecule has 0 amide bonds. The maximum Gasteiger partial charge on any atom is 0.241 e. The highest BCUT2D eigenvalue weighted by molar-refractivity contribution is 6.15. The first-order valence-corrected chi connectivity index (χ1v) is 7.42. The number of methoxy groups -OCH3 is 2. The van der Waals surface area contributed by atoms with Gasteiger partial charge in [-0.3, -0.25) is 0 Å². The smallest absolute Gasteiger partial charge is 0.241 e. The molecule has 0 saturated heterocycles. The van der Waals surface area contributed by atoms with E-state index in [0.717, 1.165) is 16.3 Å². The Bertz CT molecular complexity index is 1070. The first-order chi connectivity index (χ1) is 11.2. The van der Waals surface area contributed by atoms with Crippen LogP contribution in [-0.4, -0.2) is 29.0 Å². The molecule has 0 spiro atoms. The predicted octanol–water partition coefficient (Wildman–Crippen LogP) is 3.60. The Balaban J connectivity index is 2.32. The third-order valence-electron chi connectivity index (χ3n) is 4.50. The highest BCUT2D eigenvalue weighted by Gasteiger charge is 2.19. The van der Waals surface area contributed by atoms with Gasteiger partial charge in [0.1, 0.15) is 0 Å². The van der Waals surface area contributed by atoms with Crippen LogP contribution in [-0.2, 0) is 7.05 Å². The summed E-state index contributed by atoms with van der Waals surface area (Å²) in [5.41, 5.74) is 3.48. The quantitative estimate of drug-likeness (QED) is 0.568. The lowest BCUT2D eigenvalue weighted by molar-refractivity contribution is 0.375. The van der Waals surface area contributed by atoms with Crippen LogP contribution in [0.2, 0.25) is 0 Å². The molecule has 4 aromatic rings. The van der Waals surface area contributed by atoms with Crippen LogP contribution >= 0.6 is 0 Å². The van der Waals surface area contributed by atoms with E-state index in [2.05, 4.69) is 59.1 Å². The van der Waals surface area contributed by atoms with E-state index in [-0.39, 0.29) is 0 Å². The normalized spacial score (nSPS) is 11.5. The maximum atomic E-state index is 5.43. The number of fused-ring (bicyclic) bond motifs is 4. The summed E-state index contributed by atoms with van der Waals surface area (Å²) in [6, 6.07) is 10.5. The molecule has 4 rings (SSSR count). The molecule has 23 heavy (non-hydrogen) atoms. The minimum atomic E-state index is 0.513. The molecule has 2 aromatic carbocycles. The van der Waals surface area contributed by atoms with E-state index < -0.39 is 0 Å². The van der Waals surface area contributed by atoms with Crippen molar-refractivity contribution in [1.29, 1.82) is 0 Å². The Labute approximate surface area is 133 Å². The molecule has 0 aliphatic rings. The second-order valence-corrected chi connectivity index (χ2v) is 5.62. The van der Waals surface area contributed by atoms with Gasteiger partial charge in [0.2, 0.25) is 11.8 Å². The van der Waals surface area contributed by atoms with Gasteiger partial charge >= 0.3 is 0 Å². The zero-order chi connectivity index (χ0) is 16.1. The first kappa shape index (κ1) is 13.8. The Kier molecular flexibility index (Phi) is 2.91. The van der Waals surface area contributed by atoms with Crippen molar-refractivity contribution in [3.05, 3.63) is 35.9 Å². The summed E-state index contributed by atoms with van der Waals surface area (Å²) >= 11 is 0. The number of nitrogens with zero attached hydrogens (tertiary/aromatic N) is 3. The number of hydrogen-bond acceptors (Lipinski definition) is 4. The molecule has 0 aliphatic heterocycles. The van der Waals surface area contributed by atoms with E-state index in [9.17, 15) is 0 Å². The SMILES string of the molecule is COc1nnc(OC)c2c(C)c3c(cc12)c1ccccc1n3C. The van der Waals surface area contributed by atoms with Gasteiger partial charge < -0.3 is 14.0 Å². The van der Waals surface area contributed by atoms with Crippen molar-refractivity contribution in [2.24, 2.45) is 7.05 Å². The molecule has 2 aromatic heterocycles. The Morgan fingerprint density at radius 2 is 1.61 bits per heavy atom. The lowest BCUT2D eigenvalue weighted by Crippen LogP contribution is -1.99. The van der Waals surface area contributed by atoms with Crippen LogP contribution in [0.15, 0.2) is 30.3 Å². The number of rotatable bonds is 2. The van der Waals surface area contributed by atoms with Crippen LogP contribution in [0.4, 0.5) is 0 Å². The molecule has 5 nitrogen and oxygen atoms in total. The van der Waals surface area contributed by atoms with Crippen LogP contribution in [0.1, 0.15) is 5.56 Å². The van der Waals surface area contributed by atoms with Crippen LogP contribution in [0.25, 0.3) is 32.6 Å². The average Bonchev–Trinajstić information content (AvgIpc) is 2.87. The summed E-state index contributed by atoms with van der Waals surface area (Å²) in [5, 5.41) is 12.5. The second kappa shape index (κ2) is 4.84. The minimum Gasteiger partial charge on any atom is -0.479 e. The van der Waals surface area contributed by atoms with Crippen LogP contribution in [0.3, 0.4) is 0 Å². The van der Waals surface area contributed by atoms with Gasteiger partial charge in [0.25, 0.3) is 0 Å². The van der Waals surface area contributed by atoms with Crippen molar-refractivity contribution in [1.82, 2.24) is 14.8 Å². The Hall–Kier alpha value is -2.82. The second-order valence-electron chi connectivity index (χ2n) is 5.62. The molecular weight excluding hydrogens is 290 g/mol. The highest BCUT2D eigenvalue weighted by atomic mass is 16.5. The molecule has 0 atom stereocenters. The average molecular weight is 307 g/mol. The molecule has 0 bridgehead atoms. The number of aryl methyl sites for hydroxylation is 2. The number of ether oxygens (including phenoxy) is 2. The fourth-order valence-corrected chi connectivity index (χ4v) is 3.49. The molecule has 0 aliphatic carbocycles. The number of para-hydroxylation sites is 1. The fraction of sp³-hybridized carbons (Fsp3) is 0.222. The van der Waals surface area contributed by atoms with E-state index in [1.807, 2.05) is 0 Å². The van der Waals surface area contributed by atoms with Gasteiger partial charge in [-0.2, -0.15) is 0 Å². The van der Waals surface area contributed by atoms with Crippen LogP contribution in [0.5, 0.6) is 11.8 Å². The summed E-state index contributed by atoms with van der Waals surface area (Å²) in [6.45, 7) is 2.09. The minimum absolute atomic E-state index is 0.513. The third-order valence-corrected chi connectivity index (χ3v) is 4.50. The summed E-state index contributed by atoms with van der Waals surface area (Å²) in [4.78, 5) is 0. The number of benzene rings is 2. The standard InChI is InChI=1S/C18H17N3O2/c1-10-15-13(17(22-3)19-20-18(15)23-4)9-12-11-7-5-6-8-14(11)21(2)16(10)12/h5-9H,1-4H3. The highest BCUT2D eigenvalue weighted by Crippen LogP contribution is 2.39. The van der Waals surface area contributed by atoms with Gasteiger partial charge in [-0.05, 0) is 24.6 Å². The first-order valence-electron chi connectivity index (χ1n) is 7.42. The molecular formula is C18H17N3O2. The van der Waals surface area contributed by atoms with Crippen molar-refractivity contribution in [2.75, 3.05) is 14.2 Å². The van der Waals surface area contributed by atoms with Crippen molar-refractivity contribution < 1.29 is 9.47 Å². The monoisotopic (exact) mass is 307 g/mol. The van der Waals surface area contributed by atoms with E-state index >= 15 is 0 Å². The van der Waals surface area contributed by atoms with Gasteiger partial charge in [0.15, 0.2) is 0 Å². The molecule has 0 radical (unpaired) electrons. The lowest BCUT2D eigenvalue weighted by Gasteiger charge is -2.11. The molecule has 0 saturated carbocycles. The van der Waals surface area contributed by atoms with E-state index in [1.165, 1.54) is 21.8 Å². The van der Waals surface area contributed by atoms with Crippen molar-refractivity contribution in [3.63, 3.8) is 0 Å². The Morgan fingerprint density at radius 3 is 2.35 bits per heavy atom. The third kappa shape index (κ3) is 1.73. The summed E-state index contributed by atoms with van der Waals surface area (Å²) in [5.74, 6) is 1.03. The molecule has 0 unspecified atom stereocenters. The van der Waals surface area contributed by atoms with Gasteiger partial charge in [0.05, 0.1) is 30.5 Å². The molecule has 0 N–H and O–H groups in total. The van der Waals surface area contributed by atoms with Gasteiger partial charge in [-0.15, -0.1) is 10.2 Å². The number of aromatic nitrogens is 3. The van der Waals surface area contributed by atoms with E-state index in [1.54, 1.807) is 14.2 Å². The molecule has 116 valence electrons. The molecule has 0 fully saturated rings. The van der Waals surface area contributed by atoms with Crippen molar-refractivity contribution >= 4 is 32.6 Å². The van der Waals surface area contributed by atoms with Crippen LogP contribution in [0, 0.1) is 6.92 Å². The Morgan fingerprint density at radius 1 is 0.913 bits per heavy atom. The summed E-state index contributed by atoms with van der Waals surface area (Å²) in [6.07, 6.45) is 0. The zero-order valence-corrected chi connectivity index (χ0v) is 13.5. The molecule has 5 heteroatoms. The largest absolute Gasteiger partial charge is 0.479 e. The van der Waals surface area contributed by atoms with Gasteiger partial charge in [0, 0.05) is 23.3 Å². The van der Waals surface area contributed by atoms with Gasteiger partial charge in [-0.25, -0.2) is 0 Å². The summed E-state index contributed by atoms with van der Waals surface area (Å²) in [7, 11) is 5.31.